The third-order valence-corrected chi connectivity index (χ3v) is 8.62. The number of carbonyl (C=O) groups is 2. The molecule has 4 aliphatic carbocycles. The van der Waals surface area contributed by atoms with E-state index in [-0.39, 0.29) is 28.9 Å². The molecule has 0 heterocycles. The molecule has 6 atom stereocenters. The molecule has 4 aliphatic rings. The van der Waals surface area contributed by atoms with Crippen LogP contribution in [-0.4, -0.2) is 22.4 Å². The maximum Gasteiger partial charge on any atom is 0.217 e. The Morgan fingerprint density at radius 2 is 1.96 bits per heavy atom. The van der Waals surface area contributed by atoms with Gasteiger partial charge in [-0.25, -0.2) is 0 Å². The first kappa shape index (κ1) is 18.0. The molecule has 3 N–H and O–H groups in total. The molecule has 3 unspecified atom stereocenters. The molecule has 0 saturated heterocycles. The number of hydrogen-bond donors (Lipinski definition) is 2. The Bertz CT molecular complexity index is 710. The molecule has 0 aromatic heterocycles. The number of allylic oxidation sites excluding steroid dienone is 4. The highest BCUT2D eigenvalue weighted by atomic mass is 16.3. The second-order valence-electron chi connectivity index (χ2n) is 9.63. The van der Waals surface area contributed by atoms with Crippen LogP contribution in [0.1, 0.15) is 65.2 Å². The van der Waals surface area contributed by atoms with Gasteiger partial charge in [-0.2, -0.15) is 0 Å². The molecule has 0 aromatic carbocycles. The quantitative estimate of drug-likeness (QED) is 0.813. The van der Waals surface area contributed by atoms with E-state index in [9.17, 15) is 14.7 Å². The summed E-state index contributed by atoms with van der Waals surface area (Å²) >= 11 is 0. The lowest BCUT2D eigenvalue weighted by Crippen LogP contribution is -2.54. The number of ketones is 1. The van der Waals surface area contributed by atoms with Gasteiger partial charge in [-0.15, -0.1) is 0 Å². The number of nitrogens with two attached hydrogens (primary N) is 1. The van der Waals surface area contributed by atoms with E-state index in [1.165, 1.54) is 5.57 Å². The second-order valence-corrected chi connectivity index (χ2v) is 9.63. The van der Waals surface area contributed by atoms with Crippen LogP contribution in [-0.2, 0) is 9.59 Å². The normalized spacial score (nSPS) is 47.0. The lowest BCUT2D eigenvalue weighted by molar-refractivity contribution is -0.130. The van der Waals surface area contributed by atoms with Gasteiger partial charge in [0.05, 0.1) is 5.60 Å². The summed E-state index contributed by atoms with van der Waals surface area (Å²) in [7, 11) is 0. The highest BCUT2D eigenvalue weighted by Gasteiger charge is 2.62. The predicted octanol–water partition coefficient (Wildman–Crippen LogP) is 3.29. The summed E-state index contributed by atoms with van der Waals surface area (Å²) in [5.41, 5.74) is 5.71. The Balaban J connectivity index is 1.66. The van der Waals surface area contributed by atoms with Crippen molar-refractivity contribution in [1.82, 2.24) is 0 Å². The van der Waals surface area contributed by atoms with E-state index < -0.39 is 5.60 Å². The van der Waals surface area contributed by atoms with Crippen molar-refractivity contribution in [3.63, 3.8) is 0 Å². The van der Waals surface area contributed by atoms with Gasteiger partial charge >= 0.3 is 0 Å². The molecule has 0 spiro atoms. The van der Waals surface area contributed by atoms with Crippen molar-refractivity contribution < 1.29 is 14.7 Å². The van der Waals surface area contributed by atoms with Crippen LogP contribution in [0.15, 0.2) is 23.8 Å². The molecule has 0 aliphatic heterocycles. The summed E-state index contributed by atoms with van der Waals surface area (Å²) in [6.45, 7) is 4.57. The maximum atomic E-state index is 11.9. The molecule has 1 amide bonds. The largest absolute Gasteiger partial charge is 0.389 e. The van der Waals surface area contributed by atoms with E-state index in [0.29, 0.717) is 30.6 Å². The van der Waals surface area contributed by atoms with Crippen molar-refractivity contribution in [2.75, 3.05) is 0 Å². The highest BCUT2D eigenvalue weighted by molar-refractivity contribution is 5.92. The lowest BCUT2D eigenvalue weighted by atomic mass is 9.48. The molecule has 0 bridgehead atoms. The fourth-order valence-electron chi connectivity index (χ4n) is 6.85. The van der Waals surface area contributed by atoms with Gasteiger partial charge < -0.3 is 10.8 Å². The first-order valence-electron chi connectivity index (χ1n) is 10.1. The van der Waals surface area contributed by atoms with Gasteiger partial charge in [0.2, 0.25) is 5.91 Å². The van der Waals surface area contributed by atoms with Crippen LogP contribution in [0.3, 0.4) is 0 Å². The summed E-state index contributed by atoms with van der Waals surface area (Å²) < 4.78 is 0. The fourth-order valence-corrected chi connectivity index (χ4v) is 6.85. The molecule has 0 radical (unpaired) electrons. The Hall–Kier alpha value is -1.42. The minimum absolute atomic E-state index is 0.0859. The van der Waals surface area contributed by atoms with Gasteiger partial charge in [-0.1, -0.05) is 26.0 Å². The van der Waals surface area contributed by atoms with Crippen LogP contribution >= 0.6 is 0 Å². The minimum Gasteiger partial charge on any atom is -0.389 e. The number of hydrogen-bond acceptors (Lipinski definition) is 3. The Morgan fingerprint density at radius 3 is 2.69 bits per heavy atom. The number of fused-ring (bicyclic) bond motifs is 5. The number of primary amides is 1. The van der Waals surface area contributed by atoms with Gasteiger partial charge in [0, 0.05) is 12.8 Å². The van der Waals surface area contributed by atoms with Gasteiger partial charge in [0.1, 0.15) is 0 Å². The number of carbonyl (C=O) groups excluding carboxylic acids is 2. The van der Waals surface area contributed by atoms with Crippen molar-refractivity contribution in [3.8, 4) is 0 Å². The topological polar surface area (TPSA) is 80.4 Å². The van der Waals surface area contributed by atoms with E-state index >= 15 is 0 Å². The average molecular weight is 357 g/mol. The van der Waals surface area contributed by atoms with Crippen molar-refractivity contribution in [3.05, 3.63) is 23.8 Å². The number of rotatable bonds is 3. The summed E-state index contributed by atoms with van der Waals surface area (Å²) in [6, 6.07) is 0. The van der Waals surface area contributed by atoms with Crippen molar-refractivity contribution >= 4 is 11.7 Å². The summed E-state index contributed by atoms with van der Waals surface area (Å²) in [4.78, 5) is 23.2. The van der Waals surface area contributed by atoms with Crippen LogP contribution < -0.4 is 5.73 Å². The van der Waals surface area contributed by atoms with Crippen molar-refractivity contribution in [2.45, 2.75) is 70.8 Å². The minimum atomic E-state index is -0.787. The van der Waals surface area contributed by atoms with Gasteiger partial charge in [-0.3, -0.25) is 9.59 Å². The SMILES string of the molecule is C[C@]12CCC(=O)C=C1C=CC1C2CC[C@@]2(C)C1CC[C@@]2(O)CCC(N)=O. The summed E-state index contributed by atoms with van der Waals surface area (Å²) in [5, 5.41) is 11.4. The zero-order valence-corrected chi connectivity index (χ0v) is 16.0. The molecule has 2 saturated carbocycles. The average Bonchev–Trinajstić information content (AvgIpc) is 2.86. The van der Waals surface area contributed by atoms with Gasteiger partial charge in [0.25, 0.3) is 0 Å². The van der Waals surface area contributed by atoms with Crippen LogP contribution in [0.4, 0.5) is 0 Å². The van der Waals surface area contributed by atoms with Gasteiger partial charge in [0.15, 0.2) is 5.78 Å². The maximum absolute atomic E-state index is 11.9. The summed E-state index contributed by atoms with van der Waals surface area (Å²) in [5.74, 6) is 1.36. The van der Waals surface area contributed by atoms with Crippen LogP contribution in [0.2, 0.25) is 0 Å². The number of amides is 1. The van der Waals surface area contributed by atoms with E-state index in [1.807, 2.05) is 6.08 Å². The van der Waals surface area contributed by atoms with Crippen LogP contribution in [0, 0.1) is 28.6 Å². The summed E-state index contributed by atoms with van der Waals surface area (Å²) in [6.07, 6.45) is 12.5. The standard InChI is InChI=1S/C22H31NO3/c1-20-9-5-15(24)13-14(20)3-4-16-17(20)6-10-21(2)18(16)7-11-22(21,26)12-8-19(23)25/h3-4,13,16-18,26H,5-12H2,1-2H3,(H2,23,25)/t16?,17?,18?,20-,21-,22+/m0/s1. The van der Waals surface area contributed by atoms with E-state index in [4.69, 9.17) is 5.73 Å². The Morgan fingerprint density at radius 1 is 1.23 bits per heavy atom. The fraction of sp³-hybridized carbons (Fsp3) is 0.727. The van der Waals surface area contributed by atoms with Crippen molar-refractivity contribution in [2.24, 2.45) is 34.3 Å². The predicted molar refractivity (Wildman–Crippen MR) is 100.0 cm³/mol. The molecular weight excluding hydrogens is 326 g/mol. The monoisotopic (exact) mass is 357 g/mol. The first-order valence-corrected chi connectivity index (χ1v) is 10.1. The molecule has 4 rings (SSSR count). The van der Waals surface area contributed by atoms with E-state index in [2.05, 4.69) is 26.0 Å². The van der Waals surface area contributed by atoms with Crippen LogP contribution in [0.5, 0.6) is 0 Å². The molecular formula is C22H31NO3. The smallest absolute Gasteiger partial charge is 0.217 e. The van der Waals surface area contributed by atoms with Crippen molar-refractivity contribution in [1.29, 1.82) is 0 Å². The highest BCUT2D eigenvalue weighted by Crippen LogP contribution is 2.66. The molecule has 26 heavy (non-hydrogen) atoms. The molecule has 4 nitrogen and oxygen atoms in total. The third kappa shape index (κ3) is 2.37. The Kier molecular flexibility index (Phi) is 4.00. The number of aliphatic hydroxyl groups is 1. The van der Waals surface area contributed by atoms with Crippen LogP contribution in [0.25, 0.3) is 0 Å². The molecule has 4 heteroatoms. The molecule has 142 valence electrons. The zero-order valence-electron chi connectivity index (χ0n) is 16.0. The Labute approximate surface area is 155 Å². The van der Waals surface area contributed by atoms with E-state index in [1.54, 1.807) is 0 Å². The lowest BCUT2D eigenvalue weighted by Gasteiger charge is -2.57. The second kappa shape index (κ2) is 5.79. The molecule has 2 fully saturated rings. The van der Waals surface area contributed by atoms with Gasteiger partial charge in [-0.05, 0) is 78.8 Å². The molecule has 0 aromatic rings. The third-order valence-electron chi connectivity index (χ3n) is 8.62. The zero-order chi connectivity index (χ0) is 18.7. The van der Waals surface area contributed by atoms with E-state index in [0.717, 1.165) is 32.1 Å². The first-order chi connectivity index (χ1) is 12.2.